The summed E-state index contributed by atoms with van der Waals surface area (Å²) in [7, 11) is 0. The van der Waals surface area contributed by atoms with Crippen molar-refractivity contribution in [3.05, 3.63) is 29.3 Å². The van der Waals surface area contributed by atoms with Gasteiger partial charge in [0, 0.05) is 17.4 Å². The molecule has 0 heterocycles. The number of hydrogen-bond donors (Lipinski definition) is 1. The van der Waals surface area contributed by atoms with E-state index in [1.165, 1.54) is 0 Å². The Kier molecular flexibility index (Phi) is 3.03. The van der Waals surface area contributed by atoms with Gasteiger partial charge in [-0.2, -0.15) is 0 Å². The fraction of sp³-hybridized carbons (Fsp3) is 0.250. The maximum Gasteiger partial charge on any atom is 0.0494 e. The van der Waals surface area contributed by atoms with E-state index in [1.807, 2.05) is 18.2 Å². The quantitative estimate of drug-likeness (QED) is 0.563. The van der Waals surface area contributed by atoms with Crippen molar-refractivity contribution in [2.75, 3.05) is 5.73 Å². The molecular weight excluding hydrogens is 181 g/mol. The SMILES string of the molecule is Nc1ccc(CCl)cc1CCl. The van der Waals surface area contributed by atoms with Crippen LogP contribution in [0.25, 0.3) is 0 Å². The molecular formula is C8H9Cl2N. The first kappa shape index (κ1) is 8.69. The predicted octanol–water partition coefficient (Wildman–Crippen LogP) is 2.75. The summed E-state index contributed by atoms with van der Waals surface area (Å²) in [5.74, 6) is 0.945. The first-order chi connectivity index (χ1) is 5.27. The molecule has 2 N–H and O–H groups in total. The Hall–Kier alpha value is -0.400. The summed E-state index contributed by atoms with van der Waals surface area (Å²) in [4.78, 5) is 0. The molecule has 0 bridgehead atoms. The van der Waals surface area contributed by atoms with Gasteiger partial charge in [-0.05, 0) is 17.2 Å². The lowest BCUT2D eigenvalue weighted by Gasteiger charge is -2.02. The van der Waals surface area contributed by atoms with Crippen molar-refractivity contribution in [3.8, 4) is 0 Å². The molecule has 60 valence electrons. The molecule has 1 aromatic rings. The highest BCUT2D eigenvalue weighted by Gasteiger charge is 1.98. The van der Waals surface area contributed by atoms with Gasteiger partial charge in [-0.3, -0.25) is 0 Å². The molecule has 0 aliphatic rings. The van der Waals surface area contributed by atoms with Crippen molar-refractivity contribution in [1.29, 1.82) is 0 Å². The lowest BCUT2D eigenvalue weighted by Crippen LogP contribution is -1.92. The smallest absolute Gasteiger partial charge is 0.0494 e. The number of halogens is 2. The summed E-state index contributed by atoms with van der Waals surface area (Å²) in [6, 6.07) is 5.66. The Labute approximate surface area is 76.1 Å². The maximum atomic E-state index is 5.64. The number of nitrogen functional groups attached to an aromatic ring is 1. The summed E-state index contributed by atoms with van der Waals surface area (Å²) in [6.07, 6.45) is 0. The molecule has 1 aromatic carbocycles. The highest BCUT2D eigenvalue weighted by atomic mass is 35.5. The molecule has 0 atom stereocenters. The lowest BCUT2D eigenvalue weighted by molar-refractivity contribution is 1.32. The number of anilines is 1. The zero-order chi connectivity index (χ0) is 8.27. The predicted molar refractivity (Wildman–Crippen MR) is 50.0 cm³/mol. The molecule has 0 unspecified atom stereocenters. The van der Waals surface area contributed by atoms with Gasteiger partial charge in [0.15, 0.2) is 0 Å². The van der Waals surface area contributed by atoms with E-state index >= 15 is 0 Å². The van der Waals surface area contributed by atoms with Gasteiger partial charge in [0.25, 0.3) is 0 Å². The van der Waals surface area contributed by atoms with Crippen LogP contribution in [-0.4, -0.2) is 0 Å². The lowest BCUT2D eigenvalue weighted by atomic mass is 10.1. The number of alkyl halides is 2. The first-order valence-electron chi connectivity index (χ1n) is 3.27. The average molecular weight is 190 g/mol. The standard InChI is InChI=1S/C8H9Cl2N/c9-4-6-1-2-8(11)7(3-6)5-10/h1-3H,4-5,11H2. The third-order valence-corrected chi connectivity index (χ3v) is 2.10. The van der Waals surface area contributed by atoms with Crippen molar-refractivity contribution in [1.82, 2.24) is 0 Å². The van der Waals surface area contributed by atoms with E-state index in [9.17, 15) is 0 Å². The minimum atomic E-state index is 0.441. The summed E-state index contributed by atoms with van der Waals surface area (Å²) in [5, 5.41) is 0. The molecule has 1 nitrogen and oxygen atoms in total. The second kappa shape index (κ2) is 3.84. The average Bonchev–Trinajstić information content (AvgIpc) is 2.05. The Morgan fingerprint density at radius 1 is 1.18 bits per heavy atom. The Morgan fingerprint density at radius 2 is 1.91 bits per heavy atom. The van der Waals surface area contributed by atoms with E-state index in [0.717, 1.165) is 16.8 Å². The Morgan fingerprint density at radius 3 is 2.45 bits per heavy atom. The summed E-state index contributed by atoms with van der Waals surface area (Å²) < 4.78 is 0. The normalized spacial score (nSPS) is 10.0. The van der Waals surface area contributed by atoms with Crippen molar-refractivity contribution >= 4 is 28.9 Å². The van der Waals surface area contributed by atoms with Gasteiger partial charge in [0.2, 0.25) is 0 Å². The van der Waals surface area contributed by atoms with Crippen LogP contribution >= 0.6 is 23.2 Å². The highest BCUT2D eigenvalue weighted by molar-refractivity contribution is 6.18. The fourth-order valence-electron chi connectivity index (χ4n) is 0.858. The van der Waals surface area contributed by atoms with Crippen LogP contribution in [0.1, 0.15) is 11.1 Å². The third-order valence-electron chi connectivity index (χ3n) is 1.51. The summed E-state index contributed by atoms with van der Waals surface area (Å²) in [5.41, 5.74) is 8.36. The molecule has 0 saturated carbocycles. The van der Waals surface area contributed by atoms with Gasteiger partial charge in [-0.1, -0.05) is 12.1 Å². The molecule has 0 spiro atoms. The highest BCUT2D eigenvalue weighted by Crippen LogP contribution is 2.17. The Bertz CT molecular complexity index is 248. The molecule has 0 saturated heterocycles. The van der Waals surface area contributed by atoms with E-state index in [4.69, 9.17) is 28.9 Å². The Balaban J connectivity index is 3.02. The number of hydrogen-bond acceptors (Lipinski definition) is 1. The summed E-state index contributed by atoms with van der Waals surface area (Å²) >= 11 is 11.3. The molecule has 0 amide bonds. The molecule has 11 heavy (non-hydrogen) atoms. The van der Waals surface area contributed by atoms with Crippen LogP contribution < -0.4 is 5.73 Å². The van der Waals surface area contributed by atoms with Crippen molar-refractivity contribution < 1.29 is 0 Å². The van der Waals surface area contributed by atoms with Crippen molar-refractivity contribution in [2.45, 2.75) is 11.8 Å². The van der Waals surface area contributed by atoms with E-state index in [0.29, 0.717) is 11.8 Å². The van der Waals surface area contributed by atoms with Gasteiger partial charge >= 0.3 is 0 Å². The second-order valence-electron chi connectivity index (χ2n) is 2.30. The maximum absolute atomic E-state index is 5.64. The molecule has 0 aromatic heterocycles. The molecule has 1 rings (SSSR count). The van der Waals surface area contributed by atoms with Crippen molar-refractivity contribution in [2.24, 2.45) is 0 Å². The van der Waals surface area contributed by atoms with Gasteiger partial charge in [0.1, 0.15) is 0 Å². The number of benzene rings is 1. The molecule has 0 aliphatic carbocycles. The second-order valence-corrected chi connectivity index (χ2v) is 2.83. The van der Waals surface area contributed by atoms with E-state index in [2.05, 4.69) is 0 Å². The number of nitrogens with two attached hydrogens (primary N) is 1. The first-order valence-corrected chi connectivity index (χ1v) is 4.34. The van der Waals surface area contributed by atoms with Crippen LogP contribution in [0.15, 0.2) is 18.2 Å². The molecule has 0 radical (unpaired) electrons. The largest absolute Gasteiger partial charge is 0.398 e. The van der Waals surface area contributed by atoms with E-state index in [-0.39, 0.29) is 0 Å². The van der Waals surface area contributed by atoms with Crippen LogP contribution in [0.5, 0.6) is 0 Å². The molecule has 3 heteroatoms. The van der Waals surface area contributed by atoms with Gasteiger partial charge in [-0.15, -0.1) is 23.2 Å². The van der Waals surface area contributed by atoms with Crippen LogP contribution in [0.3, 0.4) is 0 Å². The van der Waals surface area contributed by atoms with E-state index < -0.39 is 0 Å². The van der Waals surface area contributed by atoms with Crippen LogP contribution in [0.2, 0.25) is 0 Å². The zero-order valence-corrected chi connectivity index (χ0v) is 7.49. The van der Waals surface area contributed by atoms with Crippen LogP contribution in [-0.2, 0) is 11.8 Å². The number of rotatable bonds is 2. The minimum absolute atomic E-state index is 0.441. The summed E-state index contributed by atoms with van der Waals surface area (Å²) in [6.45, 7) is 0. The van der Waals surface area contributed by atoms with E-state index in [1.54, 1.807) is 0 Å². The zero-order valence-electron chi connectivity index (χ0n) is 5.98. The topological polar surface area (TPSA) is 26.0 Å². The fourth-order valence-corrected chi connectivity index (χ4v) is 1.26. The van der Waals surface area contributed by atoms with Gasteiger partial charge in [-0.25, -0.2) is 0 Å². The third kappa shape index (κ3) is 2.01. The van der Waals surface area contributed by atoms with Crippen LogP contribution in [0, 0.1) is 0 Å². The van der Waals surface area contributed by atoms with Gasteiger partial charge in [0.05, 0.1) is 0 Å². The van der Waals surface area contributed by atoms with Crippen molar-refractivity contribution in [3.63, 3.8) is 0 Å². The monoisotopic (exact) mass is 189 g/mol. The van der Waals surface area contributed by atoms with Crippen LogP contribution in [0.4, 0.5) is 5.69 Å². The molecule has 0 fully saturated rings. The van der Waals surface area contributed by atoms with Gasteiger partial charge < -0.3 is 5.73 Å². The molecule has 0 aliphatic heterocycles. The minimum Gasteiger partial charge on any atom is -0.398 e.